The molecule has 0 aliphatic carbocycles. The molecule has 0 bridgehead atoms. The van der Waals surface area contributed by atoms with E-state index in [4.69, 9.17) is 9.47 Å². The second kappa shape index (κ2) is 5.48. The molecule has 3 rings (SSSR count). The van der Waals surface area contributed by atoms with Gasteiger partial charge in [0.25, 0.3) is 0 Å². The van der Waals surface area contributed by atoms with Gasteiger partial charge in [0.1, 0.15) is 5.01 Å². The van der Waals surface area contributed by atoms with E-state index in [9.17, 15) is 0 Å². The van der Waals surface area contributed by atoms with Crippen molar-refractivity contribution in [2.75, 3.05) is 13.8 Å². The van der Waals surface area contributed by atoms with Gasteiger partial charge in [-0.2, -0.15) is 0 Å². The largest absolute Gasteiger partial charge is 0.454 e. The summed E-state index contributed by atoms with van der Waals surface area (Å²) in [4.78, 5) is 6.57. The number of halogens is 1. The SMILES string of the molecule is CN(Cc1ccc2c(c1)OCO2)Cc1ncc(Br)s1. The van der Waals surface area contributed by atoms with Crippen LogP contribution in [-0.4, -0.2) is 23.7 Å². The van der Waals surface area contributed by atoms with Crippen molar-refractivity contribution in [2.45, 2.75) is 13.1 Å². The molecular weight excluding hydrogens is 328 g/mol. The predicted molar refractivity (Wildman–Crippen MR) is 77.6 cm³/mol. The van der Waals surface area contributed by atoms with E-state index < -0.39 is 0 Å². The first-order valence-electron chi connectivity index (χ1n) is 5.88. The summed E-state index contributed by atoms with van der Waals surface area (Å²) in [5, 5.41) is 1.11. The fraction of sp³-hybridized carbons (Fsp3) is 0.308. The lowest BCUT2D eigenvalue weighted by Crippen LogP contribution is -2.16. The van der Waals surface area contributed by atoms with Crippen LogP contribution in [0, 0.1) is 0 Å². The number of rotatable bonds is 4. The van der Waals surface area contributed by atoms with Crippen molar-refractivity contribution in [3.8, 4) is 11.5 Å². The van der Waals surface area contributed by atoms with Gasteiger partial charge in [-0.25, -0.2) is 4.98 Å². The van der Waals surface area contributed by atoms with Crippen molar-refractivity contribution >= 4 is 27.3 Å². The third kappa shape index (κ3) is 3.08. The molecule has 0 atom stereocenters. The predicted octanol–water partition coefficient (Wildman–Crippen LogP) is 3.27. The van der Waals surface area contributed by atoms with E-state index >= 15 is 0 Å². The number of hydrogen-bond donors (Lipinski definition) is 0. The van der Waals surface area contributed by atoms with Crippen LogP contribution < -0.4 is 9.47 Å². The fourth-order valence-electron chi connectivity index (χ4n) is 2.00. The molecule has 1 aliphatic rings. The summed E-state index contributed by atoms with van der Waals surface area (Å²) in [5.41, 5.74) is 1.21. The van der Waals surface area contributed by atoms with Crippen LogP contribution in [0.4, 0.5) is 0 Å². The molecule has 1 aromatic carbocycles. The minimum absolute atomic E-state index is 0.321. The third-order valence-corrected chi connectivity index (χ3v) is 4.28. The van der Waals surface area contributed by atoms with Crippen molar-refractivity contribution in [3.63, 3.8) is 0 Å². The number of benzene rings is 1. The summed E-state index contributed by atoms with van der Waals surface area (Å²) in [7, 11) is 2.08. The van der Waals surface area contributed by atoms with Crippen LogP contribution in [0.3, 0.4) is 0 Å². The van der Waals surface area contributed by atoms with Gasteiger partial charge in [0.05, 0.1) is 16.5 Å². The molecular formula is C13H13BrN2O2S. The van der Waals surface area contributed by atoms with E-state index in [1.54, 1.807) is 11.3 Å². The topological polar surface area (TPSA) is 34.6 Å². The lowest BCUT2D eigenvalue weighted by Gasteiger charge is -2.15. The number of aromatic nitrogens is 1. The van der Waals surface area contributed by atoms with Crippen LogP contribution in [0.5, 0.6) is 11.5 Å². The molecule has 2 aromatic rings. The Morgan fingerprint density at radius 1 is 1.32 bits per heavy atom. The molecule has 0 saturated heterocycles. The summed E-state index contributed by atoms with van der Waals surface area (Å²) in [6.45, 7) is 2.01. The standard InChI is InChI=1S/C13H13BrN2O2S/c1-16(7-13-15-5-12(14)19-13)6-9-2-3-10-11(4-9)18-8-17-10/h2-5H,6-8H2,1H3. The second-order valence-corrected chi connectivity index (χ2v) is 6.91. The number of thiazole rings is 1. The zero-order valence-corrected chi connectivity index (χ0v) is 12.8. The molecule has 6 heteroatoms. The smallest absolute Gasteiger partial charge is 0.231 e. The molecule has 19 heavy (non-hydrogen) atoms. The Morgan fingerprint density at radius 2 is 2.16 bits per heavy atom. The summed E-state index contributed by atoms with van der Waals surface area (Å²) >= 11 is 5.10. The third-order valence-electron chi connectivity index (χ3n) is 2.82. The molecule has 100 valence electrons. The quantitative estimate of drug-likeness (QED) is 0.855. The van der Waals surface area contributed by atoms with Gasteiger partial charge < -0.3 is 9.47 Å². The Hall–Kier alpha value is -1.11. The number of nitrogens with zero attached hydrogens (tertiary/aromatic N) is 2. The zero-order chi connectivity index (χ0) is 13.2. The molecule has 0 saturated carbocycles. The highest BCUT2D eigenvalue weighted by atomic mass is 79.9. The summed E-state index contributed by atoms with van der Waals surface area (Å²) < 4.78 is 11.8. The Labute approximate surface area is 124 Å². The number of ether oxygens (including phenoxy) is 2. The van der Waals surface area contributed by atoms with E-state index in [-0.39, 0.29) is 0 Å². The van der Waals surface area contributed by atoms with Crippen LogP contribution in [0.2, 0.25) is 0 Å². The fourth-order valence-corrected chi connectivity index (χ4v) is 3.38. The van der Waals surface area contributed by atoms with E-state index in [0.717, 1.165) is 33.4 Å². The normalized spacial score (nSPS) is 13.2. The zero-order valence-electron chi connectivity index (χ0n) is 10.4. The summed E-state index contributed by atoms with van der Waals surface area (Å²) in [6.07, 6.45) is 1.84. The number of fused-ring (bicyclic) bond motifs is 1. The van der Waals surface area contributed by atoms with Gasteiger partial charge in [0, 0.05) is 6.54 Å². The molecule has 1 aliphatic heterocycles. The number of hydrogen-bond acceptors (Lipinski definition) is 5. The van der Waals surface area contributed by atoms with E-state index in [1.165, 1.54) is 5.56 Å². The van der Waals surface area contributed by atoms with Crippen molar-refractivity contribution in [1.82, 2.24) is 9.88 Å². The maximum atomic E-state index is 5.39. The Morgan fingerprint density at radius 3 is 2.95 bits per heavy atom. The molecule has 0 unspecified atom stereocenters. The van der Waals surface area contributed by atoms with Crippen LogP contribution >= 0.6 is 27.3 Å². The highest BCUT2D eigenvalue weighted by Crippen LogP contribution is 2.32. The average molecular weight is 341 g/mol. The molecule has 0 fully saturated rings. The minimum Gasteiger partial charge on any atom is -0.454 e. The van der Waals surface area contributed by atoms with Gasteiger partial charge in [-0.1, -0.05) is 6.07 Å². The van der Waals surface area contributed by atoms with Crippen molar-refractivity contribution in [3.05, 3.63) is 38.8 Å². The first kappa shape index (κ1) is 12.9. The maximum absolute atomic E-state index is 5.39. The first-order chi connectivity index (χ1) is 9.20. The molecule has 1 aromatic heterocycles. The first-order valence-corrected chi connectivity index (χ1v) is 7.49. The Bertz CT molecular complexity index is 588. The molecule has 4 nitrogen and oxygen atoms in total. The Balaban J connectivity index is 1.64. The van der Waals surface area contributed by atoms with Gasteiger partial charge >= 0.3 is 0 Å². The van der Waals surface area contributed by atoms with Crippen molar-refractivity contribution < 1.29 is 9.47 Å². The van der Waals surface area contributed by atoms with Gasteiger partial charge in [-0.3, -0.25) is 4.90 Å². The highest BCUT2D eigenvalue weighted by molar-refractivity contribution is 9.11. The van der Waals surface area contributed by atoms with Crippen LogP contribution in [0.1, 0.15) is 10.6 Å². The monoisotopic (exact) mass is 340 g/mol. The van der Waals surface area contributed by atoms with Gasteiger partial charge in [-0.05, 0) is 40.7 Å². The molecule has 0 spiro atoms. The summed E-state index contributed by atoms with van der Waals surface area (Å²) in [6, 6.07) is 6.07. The van der Waals surface area contributed by atoms with Gasteiger partial charge in [-0.15, -0.1) is 11.3 Å². The average Bonchev–Trinajstić information content (AvgIpc) is 2.97. The molecule has 0 radical (unpaired) electrons. The lowest BCUT2D eigenvalue weighted by molar-refractivity contribution is 0.174. The molecule has 0 N–H and O–H groups in total. The summed E-state index contributed by atoms with van der Waals surface area (Å²) in [5.74, 6) is 1.66. The Kier molecular flexibility index (Phi) is 3.72. The van der Waals surface area contributed by atoms with Crippen LogP contribution in [-0.2, 0) is 13.1 Å². The van der Waals surface area contributed by atoms with Gasteiger partial charge in [0.15, 0.2) is 11.5 Å². The van der Waals surface area contributed by atoms with Crippen LogP contribution in [0.15, 0.2) is 28.2 Å². The van der Waals surface area contributed by atoms with Gasteiger partial charge in [0.2, 0.25) is 6.79 Å². The van der Waals surface area contributed by atoms with E-state index in [2.05, 4.69) is 38.9 Å². The molecule has 2 heterocycles. The lowest BCUT2D eigenvalue weighted by atomic mass is 10.2. The molecule has 0 amide bonds. The van der Waals surface area contributed by atoms with Crippen molar-refractivity contribution in [2.24, 2.45) is 0 Å². The highest BCUT2D eigenvalue weighted by Gasteiger charge is 2.14. The van der Waals surface area contributed by atoms with Crippen molar-refractivity contribution in [1.29, 1.82) is 0 Å². The van der Waals surface area contributed by atoms with E-state index in [1.807, 2.05) is 18.3 Å². The minimum atomic E-state index is 0.321. The maximum Gasteiger partial charge on any atom is 0.231 e. The van der Waals surface area contributed by atoms with Crippen LogP contribution in [0.25, 0.3) is 0 Å². The second-order valence-electron chi connectivity index (χ2n) is 4.42. The van der Waals surface area contributed by atoms with E-state index in [0.29, 0.717) is 6.79 Å².